The lowest BCUT2D eigenvalue weighted by Gasteiger charge is -2.20. The molecule has 0 radical (unpaired) electrons. The minimum atomic E-state index is -0.191. The van der Waals surface area contributed by atoms with Crippen LogP contribution in [0, 0.1) is 0 Å². The van der Waals surface area contributed by atoms with Gasteiger partial charge in [0, 0.05) is 0 Å². The summed E-state index contributed by atoms with van der Waals surface area (Å²) in [6, 6.07) is 15.8. The van der Waals surface area contributed by atoms with E-state index in [1.165, 1.54) is 0 Å². The lowest BCUT2D eigenvalue weighted by molar-refractivity contribution is -0.143. The van der Waals surface area contributed by atoms with Crippen molar-refractivity contribution >= 4 is 11.7 Å². The third kappa shape index (κ3) is 5.24. The Kier molecular flexibility index (Phi) is 6.87. The van der Waals surface area contributed by atoms with Crippen molar-refractivity contribution in [3.63, 3.8) is 0 Å². The lowest BCUT2D eigenvalue weighted by atomic mass is 9.97. The van der Waals surface area contributed by atoms with E-state index < -0.39 is 0 Å². The van der Waals surface area contributed by atoms with Gasteiger partial charge in [-0.3, -0.25) is 4.79 Å². The van der Waals surface area contributed by atoms with E-state index in [-0.39, 0.29) is 18.0 Å². The molecule has 0 fully saturated rings. The first-order valence-electron chi connectivity index (χ1n) is 8.81. The first kappa shape index (κ1) is 18.8. The lowest BCUT2D eigenvalue weighted by Crippen LogP contribution is -2.10. The van der Waals surface area contributed by atoms with Crippen molar-refractivity contribution in [2.24, 2.45) is 0 Å². The van der Waals surface area contributed by atoms with Crippen LogP contribution in [0.4, 0.5) is 5.69 Å². The molecule has 2 aromatic carbocycles. The summed E-state index contributed by atoms with van der Waals surface area (Å²) >= 11 is 0. The minimum Gasteiger partial charge on any atom is -0.484 e. The number of carbonyl (C=O) groups excluding carboxylic acids is 1. The van der Waals surface area contributed by atoms with Crippen molar-refractivity contribution in [3.8, 4) is 5.75 Å². The van der Waals surface area contributed by atoms with Gasteiger partial charge in [0.05, 0.1) is 18.7 Å². The number of nitrogens with two attached hydrogens (primary N) is 1. The zero-order valence-electron chi connectivity index (χ0n) is 15.2. The minimum absolute atomic E-state index is 0.0358. The molecule has 0 heterocycles. The number of esters is 1. The van der Waals surface area contributed by atoms with Crippen LogP contribution in [0.15, 0.2) is 48.5 Å². The highest BCUT2D eigenvalue weighted by molar-refractivity contribution is 5.70. The molecule has 0 aromatic heterocycles. The first-order chi connectivity index (χ1) is 12.0. The fraction of sp³-hybridized carbons (Fsp3) is 0.381. The Bertz CT molecular complexity index is 685. The second-order valence-corrected chi connectivity index (χ2v) is 6.13. The molecule has 0 amide bonds. The molecule has 0 saturated carbocycles. The Hall–Kier alpha value is -2.49. The van der Waals surface area contributed by atoms with Crippen LogP contribution in [0.5, 0.6) is 5.75 Å². The predicted octanol–water partition coefficient (Wildman–Crippen LogP) is 4.86. The quantitative estimate of drug-likeness (QED) is 0.550. The van der Waals surface area contributed by atoms with E-state index >= 15 is 0 Å². The zero-order chi connectivity index (χ0) is 18.2. The van der Waals surface area contributed by atoms with Gasteiger partial charge in [0.25, 0.3) is 0 Å². The summed E-state index contributed by atoms with van der Waals surface area (Å²) in [5.41, 5.74) is 8.91. The molecule has 0 bridgehead atoms. The molecule has 0 aliphatic heterocycles. The Morgan fingerprint density at radius 3 is 2.40 bits per heavy atom. The van der Waals surface area contributed by atoms with Gasteiger partial charge < -0.3 is 15.2 Å². The molecule has 0 spiro atoms. The average molecular weight is 341 g/mol. The number of hydrogen-bond acceptors (Lipinski definition) is 4. The van der Waals surface area contributed by atoms with Crippen LogP contribution in [-0.4, -0.2) is 12.6 Å². The number of anilines is 1. The van der Waals surface area contributed by atoms with Gasteiger partial charge in [0.1, 0.15) is 11.9 Å². The van der Waals surface area contributed by atoms with Crippen LogP contribution in [-0.2, 0) is 9.53 Å². The van der Waals surface area contributed by atoms with E-state index in [1.807, 2.05) is 50.2 Å². The van der Waals surface area contributed by atoms with Crippen molar-refractivity contribution in [2.45, 2.75) is 45.6 Å². The Morgan fingerprint density at radius 1 is 1.08 bits per heavy atom. The summed E-state index contributed by atoms with van der Waals surface area (Å²) in [5, 5.41) is 0. The molecular weight excluding hydrogens is 314 g/mol. The maximum atomic E-state index is 11.6. The summed E-state index contributed by atoms with van der Waals surface area (Å²) < 4.78 is 11.1. The first-order valence-corrected chi connectivity index (χ1v) is 8.81. The second kappa shape index (κ2) is 9.11. The highest BCUT2D eigenvalue weighted by Crippen LogP contribution is 2.32. The molecule has 2 atom stereocenters. The average Bonchev–Trinajstić information content (AvgIpc) is 2.61. The molecule has 2 N–H and O–H groups in total. The SMILES string of the molecule is CCOC(=O)CC(C)c1ccc(OC(CC)c2ccccc2)c(N)c1. The largest absolute Gasteiger partial charge is 0.484 e. The Morgan fingerprint density at radius 2 is 1.80 bits per heavy atom. The maximum Gasteiger partial charge on any atom is 0.306 e. The molecule has 134 valence electrons. The van der Waals surface area contributed by atoms with Crippen LogP contribution in [0.3, 0.4) is 0 Å². The molecule has 2 aromatic rings. The van der Waals surface area contributed by atoms with Gasteiger partial charge in [-0.25, -0.2) is 0 Å². The highest BCUT2D eigenvalue weighted by Gasteiger charge is 2.16. The Labute approximate surface area is 150 Å². The van der Waals surface area contributed by atoms with Crippen molar-refractivity contribution in [1.29, 1.82) is 0 Å². The van der Waals surface area contributed by atoms with E-state index in [9.17, 15) is 4.79 Å². The van der Waals surface area contributed by atoms with Crippen LogP contribution in [0.2, 0.25) is 0 Å². The smallest absolute Gasteiger partial charge is 0.306 e. The van der Waals surface area contributed by atoms with Crippen molar-refractivity contribution in [1.82, 2.24) is 0 Å². The van der Waals surface area contributed by atoms with Gasteiger partial charge in [0.15, 0.2) is 0 Å². The standard InChI is InChI=1S/C21H27NO3/c1-4-19(16-9-7-6-8-10-16)25-20-12-11-17(14-18(20)22)15(3)13-21(23)24-5-2/h6-12,14-15,19H,4-5,13,22H2,1-3H3. The van der Waals surface area contributed by atoms with Gasteiger partial charge in [0.2, 0.25) is 0 Å². The number of hydrogen-bond donors (Lipinski definition) is 1. The summed E-state index contributed by atoms with van der Waals surface area (Å²) in [5.74, 6) is 0.526. The molecule has 25 heavy (non-hydrogen) atoms. The number of nitrogen functional groups attached to an aromatic ring is 1. The number of rotatable bonds is 8. The molecule has 2 rings (SSSR count). The van der Waals surface area contributed by atoms with E-state index in [0.717, 1.165) is 17.5 Å². The molecule has 0 saturated heterocycles. The third-order valence-corrected chi connectivity index (χ3v) is 4.19. The monoisotopic (exact) mass is 341 g/mol. The summed E-state index contributed by atoms with van der Waals surface area (Å²) in [4.78, 5) is 11.6. The molecule has 4 heteroatoms. The Balaban J connectivity index is 2.09. The van der Waals surface area contributed by atoms with E-state index in [1.54, 1.807) is 0 Å². The van der Waals surface area contributed by atoms with Gasteiger partial charge in [-0.1, -0.05) is 50.2 Å². The van der Waals surface area contributed by atoms with Gasteiger partial charge >= 0.3 is 5.97 Å². The van der Waals surface area contributed by atoms with Crippen LogP contribution in [0.1, 0.15) is 56.8 Å². The normalized spacial score (nSPS) is 13.1. The highest BCUT2D eigenvalue weighted by atomic mass is 16.5. The topological polar surface area (TPSA) is 61.5 Å². The fourth-order valence-electron chi connectivity index (χ4n) is 2.78. The molecule has 4 nitrogen and oxygen atoms in total. The summed E-state index contributed by atoms with van der Waals surface area (Å²) in [6.45, 7) is 6.29. The van der Waals surface area contributed by atoms with Crippen molar-refractivity contribution in [3.05, 3.63) is 59.7 Å². The van der Waals surface area contributed by atoms with Gasteiger partial charge in [-0.05, 0) is 42.5 Å². The number of ether oxygens (including phenoxy) is 2. The molecule has 0 aliphatic rings. The van der Waals surface area contributed by atoms with E-state index in [0.29, 0.717) is 24.5 Å². The molecular formula is C21H27NO3. The van der Waals surface area contributed by atoms with Gasteiger partial charge in [-0.15, -0.1) is 0 Å². The van der Waals surface area contributed by atoms with Crippen LogP contribution >= 0.6 is 0 Å². The summed E-state index contributed by atoms with van der Waals surface area (Å²) in [7, 11) is 0. The van der Waals surface area contributed by atoms with Crippen molar-refractivity contribution < 1.29 is 14.3 Å². The van der Waals surface area contributed by atoms with Crippen LogP contribution < -0.4 is 10.5 Å². The maximum absolute atomic E-state index is 11.6. The third-order valence-electron chi connectivity index (χ3n) is 4.19. The second-order valence-electron chi connectivity index (χ2n) is 6.13. The van der Waals surface area contributed by atoms with Crippen molar-refractivity contribution in [2.75, 3.05) is 12.3 Å². The molecule has 0 aliphatic carbocycles. The molecule has 2 unspecified atom stereocenters. The number of benzene rings is 2. The van der Waals surface area contributed by atoms with E-state index in [2.05, 4.69) is 19.1 Å². The van der Waals surface area contributed by atoms with E-state index in [4.69, 9.17) is 15.2 Å². The zero-order valence-corrected chi connectivity index (χ0v) is 15.2. The fourth-order valence-corrected chi connectivity index (χ4v) is 2.78. The van der Waals surface area contributed by atoms with Crippen LogP contribution in [0.25, 0.3) is 0 Å². The predicted molar refractivity (Wildman–Crippen MR) is 101 cm³/mol. The summed E-state index contributed by atoms with van der Waals surface area (Å²) in [6.07, 6.45) is 1.16. The number of carbonyl (C=O) groups is 1. The van der Waals surface area contributed by atoms with Gasteiger partial charge in [-0.2, -0.15) is 0 Å².